The van der Waals surface area contributed by atoms with Gasteiger partial charge in [0.2, 0.25) is 11.7 Å². The summed E-state index contributed by atoms with van der Waals surface area (Å²) in [4.78, 5) is 18.4. The SMILES string of the molecule is COc1ccc(C2(C(=O)N3CCN(Cc4ccc(OC)c(OC)c4OC)CC3)CCCCC2)cc1. The first kappa shape index (κ1) is 25.2. The molecule has 4 rings (SSSR count). The van der Waals surface area contributed by atoms with E-state index in [0.717, 1.165) is 75.3 Å². The third-order valence-electron chi connectivity index (χ3n) is 7.60. The molecule has 7 nitrogen and oxygen atoms in total. The number of methoxy groups -OCH3 is 4. The minimum atomic E-state index is -0.417. The van der Waals surface area contributed by atoms with Crippen LogP contribution in [0.15, 0.2) is 36.4 Å². The minimum absolute atomic E-state index is 0.283. The Kier molecular flexibility index (Phi) is 8.06. The monoisotopic (exact) mass is 482 g/mol. The first-order chi connectivity index (χ1) is 17.1. The molecule has 35 heavy (non-hydrogen) atoms. The topological polar surface area (TPSA) is 60.5 Å². The van der Waals surface area contributed by atoms with Gasteiger partial charge in [0.25, 0.3) is 0 Å². The quantitative estimate of drug-likeness (QED) is 0.560. The van der Waals surface area contributed by atoms with Crippen LogP contribution in [-0.2, 0) is 16.8 Å². The second-order valence-electron chi connectivity index (χ2n) is 9.43. The van der Waals surface area contributed by atoms with E-state index in [0.29, 0.717) is 17.2 Å². The highest BCUT2D eigenvalue weighted by atomic mass is 16.5. The summed E-state index contributed by atoms with van der Waals surface area (Å²) in [5.74, 6) is 3.07. The Morgan fingerprint density at radius 3 is 2.00 bits per heavy atom. The summed E-state index contributed by atoms with van der Waals surface area (Å²) in [6.45, 7) is 3.83. The van der Waals surface area contributed by atoms with E-state index in [4.69, 9.17) is 18.9 Å². The molecule has 1 saturated heterocycles. The van der Waals surface area contributed by atoms with Crippen molar-refractivity contribution in [3.63, 3.8) is 0 Å². The van der Waals surface area contributed by atoms with Crippen LogP contribution >= 0.6 is 0 Å². The molecule has 1 heterocycles. The second kappa shape index (κ2) is 11.2. The van der Waals surface area contributed by atoms with Crippen LogP contribution < -0.4 is 18.9 Å². The number of benzene rings is 2. The lowest BCUT2D eigenvalue weighted by atomic mass is 9.68. The summed E-state index contributed by atoms with van der Waals surface area (Å²) >= 11 is 0. The number of amides is 1. The summed E-state index contributed by atoms with van der Waals surface area (Å²) in [6.07, 6.45) is 5.22. The average Bonchev–Trinajstić information content (AvgIpc) is 2.93. The van der Waals surface area contributed by atoms with E-state index in [1.165, 1.54) is 6.42 Å². The normalized spacial score (nSPS) is 18.1. The van der Waals surface area contributed by atoms with Gasteiger partial charge in [-0.25, -0.2) is 0 Å². The van der Waals surface area contributed by atoms with Crippen molar-refractivity contribution in [3.05, 3.63) is 47.5 Å². The lowest BCUT2D eigenvalue weighted by molar-refractivity contribution is -0.140. The molecule has 0 spiro atoms. The van der Waals surface area contributed by atoms with Crippen LogP contribution in [0.25, 0.3) is 0 Å². The molecule has 0 N–H and O–H groups in total. The fraction of sp³-hybridized carbons (Fsp3) is 0.536. The molecule has 0 bridgehead atoms. The summed E-state index contributed by atoms with van der Waals surface area (Å²) in [5, 5.41) is 0. The minimum Gasteiger partial charge on any atom is -0.497 e. The van der Waals surface area contributed by atoms with Gasteiger partial charge in [0.05, 0.1) is 33.9 Å². The summed E-state index contributed by atoms with van der Waals surface area (Å²) in [5.41, 5.74) is 1.76. The molecule has 1 aliphatic carbocycles. The molecule has 1 saturated carbocycles. The molecule has 2 aromatic rings. The van der Waals surface area contributed by atoms with Crippen LogP contribution in [-0.4, -0.2) is 70.3 Å². The number of hydrogen-bond acceptors (Lipinski definition) is 6. The van der Waals surface area contributed by atoms with Crippen LogP contribution in [0.4, 0.5) is 0 Å². The van der Waals surface area contributed by atoms with E-state index in [1.807, 2.05) is 24.3 Å². The van der Waals surface area contributed by atoms with Gasteiger partial charge in [-0.15, -0.1) is 0 Å². The first-order valence-corrected chi connectivity index (χ1v) is 12.5. The maximum absolute atomic E-state index is 14.0. The Balaban J connectivity index is 1.46. The molecule has 0 atom stereocenters. The lowest BCUT2D eigenvalue weighted by Crippen LogP contribution is -2.55. The first-order valence-electron chi connectivity index (χ1n) is 12.5. The zero-order chi connectivity index (χ0) is 24.8. The molecule has 1 aliphatic heterocycles. The average molecular weight is 483 g/mol. The number of carbonyl (C=O) groups excluding carboxylic acids is 1. The molecule has 0 radical (unpaired) electrons. The molecule has 1 amide bonds. The number of piperazine rings is 1. The fourth-order valence-electron chi connectivity index (χ4n) is 5.63. The third kappa shape index (κ3) is 5.06. The maximum Gasteiger partial charge on any atom is 0.233 e. The molecule has 190 valence electrons. The lowest BCUT2D eigenvalue weighted by Gasteiger charge is -2.43. The van der Waals surface area contributed by atoms with Gasteiger partial charge in [0.1, 0.15) is 5.75 Å². The Hall–Kier alpha value is -2.93. The molecule has 7 heteroatoms. The molecule has 0 aromatic heterocycles. The highest BCUT2D eigenvalue weighted by Gasteiger charge is 2.44. The van der Waals surface area contributed by atoms with Gasteiger partial charge in [0.15, 0.2) is 11.5 Å². The van der Waals surface area contributed by atoms with Crippen molar-refractivity contribution in [2.24, 2.45) is 0 Å². The molecule has 2 fully saturated rings. The molecule has 2 aromatic carbocycles. The highest BCUT2D eigenvalue weighted by molar-refractivity contribution is 5.88. The van der Waals surface area contributed by atoms with Gasteiger partial charge in [0, 0.05) is 38.3 Å². The number of ether oxygens (including phenoxy) is 4. The highest BCUT2D eigenvalue weighted by Crippen LogP contribution is 2.42. The van der Waals surface area contributed by atoms with E-state index in [-0.39, 0.29) is 5.91 Å². The Labute approximate surface area is 208 Å². The van der Waals surface area contributed by atoms with E-state index < -0.39 is 5.41 Å². The van der Waals surface area contributed by atoms with Crippen molar-refractivity contribution in [1.82, 2.24) is 9.80 Å². The number of rotatable bonds is 8. The van der Waals surface area contributed by atoms with Crippen LogP contribution in [0, 0.1) is 0 Å². The van der Waals surface area contributed by atoms with E-state index in [9.17, 15) is 4.79 Å². The van der Waals surface area contributed by atoms with E-state index >= 15 is 0 Å². The Morgan fingerprint density at radius 1 is 0.771 bits per heavy atom. The summed E-state index contributed by atoms with van der Waals surface area (Å²) in [6, 6.07) is 12.1. The number of hydrogen-bond donors (Lipinski definition) is 0. The third-order valence-corrected chi connectivity index (χ3v) is 7.60. The predicted octanol–water partition coefficient (Wildman–Crippen LogP) is 4.27. The fourth-order valence-corrected chi connectivity index (χ4v) is 5.63. The molecule has 0 unspecified atom stereocenters. The van der Waals surface area contributed by atoms with Crippen LogP contribution in [0.2, 0.25) is 0 Å². The Morgan fingerprint density at radius 2 is 1.43 bits per heavy atom. The second-order valence-corrected chi connectivity index (χ2v) is 9.43. The molecule has 2 aliphatic rings. The van der Waals surface area contributed by atoms with Crippen LogP contribution in [0.3, 0.4) is 0 Å². The van der Waals surface area contributed by atoms with Crippen LogP contribution in [0.5, 0.6) is 23.0 Å². The van der Waals surface area contributed by atoms with Crippen molar-refractivity contribution >= 4 is 5.91 Å². The van der Waals surface area contributed by atoms with Crippen molar-refractivity contribution in [2.45, 2.75) is 44.1 Å². The van der Waals surface area contributed by atoms with E-state index in [2.05, 4.69) is 21.9 Å². The van der Waals surface area contributed by atoms with E-state index in [1.54, 1.807) is 28.4 Å². The van der Waals surface area contributed by atoms with Crippen molar-refractivity contribution < 1.29 is 23.7 Å². The van der Waals surface area contributed by atoms with Gasteiger partial charge in [-0.1, -0.05) is 37.5 Å². The zero-order valence-corrected chi connectivity index (χ0v) is 21.5. The van der Waals surface area contributed by atoms with Gasteiger partial charge in [-0.05, 0) is 36.6 Å². The maximum atomic E-state index is 14.0. The van der Waals surface area contributed by atoms with Crippen LogP contribution in [0.1, 0.15) is 43.2 Å². The van der Waals surface area contributed by atoms with Crippen molar-refractivity contribution in [2.75, 3.05) is 54.6 Å². The summed E-state index contributed by atoms with van der Waals surface area (Å²) < 4.78 is 22.0. The standard InChI is InChI=1S/C28H38N2O5/c1-32-23-11-9-22(10-12-23)28(14-6-5-7-15-28)27(31)30-18-16-29(17-19-30)20-21-8-13-24(33-2)26(35-4)25(21)34-3/h8-13H,5-7,14-20H2,1-4H3. The number of carbonyl (C=O) groups is 1. The summed E-state index contributed by atoms with van der Waals surface area (Å²) in [7, 11) is 6.57. The van der Waals surface area contributed by atoms with Gasteiger partial charge in [-0.2, -0.15) is 0 Å². The Bertz CT molecular complexity index is 993. The zero-order valence-electron chi connectivity index (χ0n) is 21.5. The van der Waals surface area contributed by atoms with Gasteiger partial charge >= 0.3 is 0 Å². The van der Waals surface area contributed by atoms with Gasteiger partial charge < -0.3 is 23.8 Å². The molecular formula is C28H38N2O5. The van der Waals surface area contributed by atoms with Crippen molar-refractivity contribution in [3.8, 4) is 23.0 Å². The smallest absolute Gasteiger partial charge is 0.233 e. The largest absolute Gasteiger partial charge is 0.497 e. The predicted molar refractivity (Wildman–Crippen MR) is 136 cm³/mol. The van der Waals surface area contributed by atoms with Crippen molar-refractivity contribution in [1.29, 1.82) is 0 Å². The number of nitrogens with zero attached hydrogens (tertiary/aromatic N) is 2. The molecular weight excluding hydrogens is 444 g/mol. The van der Waals surface area contributed by atoms with Gasteiger partial charge in [-0.3, -0.25) is 9.69 Å².